The Bertz CT molecular complexity index is 630. The molecule has 1 aliphatic heterocycles. The molecular formula is C16H21FN6. The largest absolute Gasteiger partial charge is 0.297 e. The SMILES string of the molecule is C=CCN1CCN(Cc2nnnn2Cc2ccc(F)cc2)CC1. The second kappa shape index (κ2) is 7.43. The first-order valence-corrected chi connectivity index (χ1v) is 7.79. The van der Waals surface area contributed by atoms with Crippen LogP contribution in [0.15, 0.2) is 36.9 Å². The molecule has 2 heterocycles. The standard InChI is InChI=1S/C16H21FN6/c1-2-7-21-8-10-22(11-9-21)13-16-18-19-20-23(16)12-14-3-5-15(17)6-4-14/h2-6H,1,7-13H2. The molecule has 0 spiro atoms. The number of hydrogen-bond acceptors (Lipinski definition) is 5. The van der Waals surface area contributed by atoms with Crippen molar-refractivity contribution in [1.82, 2.24) is 30.0 Å². The van der Waals surface area contributed by atoms with Gasteiger partial charge in [0.2, 0.25) is 0 Å². The van der Waals surface area contributed by atoms with Crippen molar-refractivity contribution in [2.75, 3.05) is 32.7 Å². The molecule has 1 aliphatic rings. The summed E-state index contributed by atoms with van der Waals surface area (Å²) in [4.78, 5) is 4.73. The summed E-state index contributed by atoms with van der Waals surface area (Å²) < 4.78 is 14.8. The molecule has 23 heavy (non-hydrogen) atoms. The smallest absolute Gasteiger partial charge is 0.165 e. The molecule has 1 aromatic heterocycles. The summed E-state index contributed by atoms with van der Waals surface area (Å²) in [6.45, 7) is 10.1. The first-order chi connectivity index (χ1) is 11.2. The van der Waals surface area contributed by atoms with E-state index in [2.05, 4.69) is 31.9 Å². The number of hydrogen-bond donors (Lipinski definition) is 0. The van der Waals surface area contributed by atoms with Crippen LogP contribution in [0.2, 0.25) is 0 Å². The first-order valence-electron chi connectivity index (χ1n) is 7.79. The van der Waals surface area contributed by atoms with Gasteiger partial charge in [0.25, 0.3) is 0 Å². The zero-order chi connectivity index (χ0) is 16.1. The summed E-state index contributed by atoms with van der Waals surface area (Å²) in [7, 11) is 0. The molecule has 1 aromatic carbocycles. The second-order valence-corrected chi connectivity index (χ2v) is 5.74. The molecule has 0 N–H and O–H groups in total. The highest BCUT2D eigenvalue weighted by molar-refractivity contribution is 5.16. The fraction of sp³-hybridized carbons (Fsp3) is 0.438. The van der Waals surface area contributed by atoms with E-state index in [0.29, 0.717) is 6.54 Å². The van der Waals surface area contributed by atoms with Gasteiger partial charge < -0.3 is 0 Å². The van der Waals surface area contributed by atoms with Crippen LogP contribution >= 0.6 is 0 Å². The van der Waals surface area contributed by atoms with Crippen molar-refractivity contribution in [2.24, 2.45) is 0 Å². The molecule has 0 aliphatic carbocycles. The Morgan fingerprint density at radius 3 is 2.43 bits per heavy atom. The van der Waals surface area contributed by atoms with Crippen molar-refractivity contribution in [3.8, 4) is 0 Å². The molecular weight excluding hydrogens is 295 g/mol. The van der Waals surface area contributed by atoms with Crippen molar-refractivity contribution in [3.05, 3.63) is 54.1 Å². The molecule has 2 aromatic rings. The molecule has 0 saturated carbocycles. The molecule has 0 unspecified atom stereocenters. The summed E-state index contributed by atoms with van der Waals surface area (Å²) in [5.41, 5.74) is 0.982. The van der Waals surface area contributed by atoms with E-state index < -0.39 is 0 Å². The number of halogens is 1. The van der Waals surface area contributed by atoms with Crippen molar-refractivity contribution >= 4 is 0 Å². The minimum atomic E-state index is -0.233. The minimum absolute atomic E-state index is 0.233. The first kappa shape index (κ1) is 15.8. The average Bonchev–Trinajstić information content (AvgIpc) is 2.99. The van der Waals surface area contributed by atoms with Gasteiger partial charge in [-0.05, 0) is 28.1 Å². The van der Waals surface area contributed by atoms with Gasteiger partial charge in [0.05, 0.1) is 13.1 Å². The predicted octanol–water partition coefficient (Wildman–Crippen LogP) is 1.16. The molecule has 0 bridgehead atoms. The lowest BCUT2D eigenvalue weighted by Gasteiger charge is -2.33. The van der Waals surface area contributed by atoms with E-state index in [-0.39, 0.29) is 5.82 Å². The summed E-state index contributed by atoms with van der Waals surface area (Å²) in [5, 5.41) is 12.0. The summed E-state index contributed by atoms with van der Waals surface area (Å²) in [6.07, 6.45) is 1.94. The van der Waals surface area contributed by atoms with Crippen molar-refractivity contribution in [2.45, 2.75) is 13.1 Å². The van der Waals surface area contributed by atoms with Gasteiger partial charge in [-0.3, -0.25) is 9.80 Å². The van der Waals surface area contributed by atoms with Crippen LogP contribution in [0, 0.1) is 5.82 Å². The molecule has 1 fully saturated rings. The van der Waals surface area contributed by atoms with Crippen LogP contribution in [0.25, 0.3) is 0 Å². The second-order valence-electron chi connectivity index (χ2n) is 5.74. The van der Waals surface area contributed by atoms with E-state index in [9.17, 15) is 4.39 Å². The third-order valence-electron chi connectivity index (χ3n) is 4.07. The Morgan fingerprint density at radius 1 is 1.04 bits per heavy atom. The van der Waals surface area contributed by atoms with Crippen molar-refractivity contribution in [3.63, 3.8) is 0 Å². The normalized spacial score (nSPS) is 16.6. The predicted molar refractivity (Wildman–Crippen MR) is 85.2 cm³/mol. The highest BCUT2D eigenvalue weighted by atomic mass is 19.1. The number of rotatable bonds is 6. The molecule has 7 heteroatoms. The maximum atomic E-state index is 13.0. The van der Waals surface area contributed by atoms with Gasteiger partial charge in [0.1, 0.15) is 5.82 Å². The van der Waals surface area contributed by atoms with Gasteiger partial charge in [0.15, 0.2) is 5.82 Å². The lowest BCUT2D eigenvalue weighted by molar-refractivity contribution is 0.133. The quantitative estimate of drug-likeness (QED) is 0.749. The number of aromatic nitrogens is 4. The lowest BCUT2D eigenvalue weighted by atomic mass is 10.2. The third-order valence-corrected chi connectivity index (χ3v) is 4.07. The topological polar surface area (TPSA) is 50.1 Å². The van der Waals surface area contributed by atoms with E-state index in [1.54, 1.807) is 16.8 Å². The zero-order valence-electron chi connectivity index (χ0n) is 13.1. The fourth-order valence-electron chi connectivity index (χ4n) is 2.73. The Hall–Kier alpha value is -2.12. The van der Waals surface area contributed by atoms with E-state index in [1.807, 2.05) is 6.08 Å². The van der Waals surface area contributed by atoms with E-state index in [0.717, 1.165) is 50.7 Å². The van der Waals surface area contributed by atoms with Gasteiger partial charge in [-0.2, -0.15) is 0 Å². The number of nitrogens with zero attached hydrogens (tertiary/aromatic N) is 6. The third kappa shape index (κ3) is 4.20. The monoisotopic (exact) mass is 316 g/mol. The van der Waals surface area contributed by atoms with E-state index in [4.69, 9.17) is 0 Å². The minimum Gasteiger partial charge on any atom is -0.297 e. The van der Waals surface area contributed by atoms with Crippen LogP contribution in [0.4, 0.5) is 4.39 Å². The molecule has 0 amide bonds. The molecule has 0 radical (unpaired) electrons. The van der Waals surface area contributed by atoms with Crippen molar-refractivity contribution < 1.29 is 4.39 Å². The maximum Gasteiger partial charge on any atom is 0.165 e. The van der Waals surface area contributed by atoms with Gasteiger partial charge in [-0.25, -0.2) is 9.07 Å². The molecule has 1 saturated heterocycles. The van der Waals surface area contributed by atoms with Gasteiger partial charge in [-0.1, -0.05) is 18.2 Å². The van der Waals surface area contributed by atoms with Crippen LogP contribution < -0.4 is 0 Å². The highest BCUT2D eigenvalue weighted by Crippen LogP contribution is 2.09. The molecule has 122 valence electrons. The fourth-order valence-corrected chi connectivity index (χ4v) is 2.73. The Morgan fingerprint density at radius 2 is 1.74 bits per heavy atom. The summed E-state index contributed by atoms with van der Waals surface area (Å²) >= 11 is 0. The Kier molecular flexibility index (Phi) is 5.09. The van der Waals surface area contributed by atoms with Crippen LogP contribution in [0.3, 0.4) is 0 Å². The number of benzene rings is 1. The van der Waals surface area contributed by atoms with Crippen LogP contribution in [-0.4, -0.2) is 62.7 Å². The number of tetrazole rings is 1. The van der Waals surface area contributed by atoms with Gasteiger partial charge in [-0.15, -0.1) is 11.7 Å². The maximum absolute atomic E-state index is 13.0. The van der Waals surface area contributed by atoms with E-state index >= 15 is 0 Å². The Balaban J connectivity index is 1.58. The molecule has 0 atom stereocenters. The van der Waals surface area contributed by atoms with Crippen molar-refractivity contribution in [1.29, 1.82) is 0 Å². The molecule has 3 rings (SSSR count). The van der Waals surface area contributed by atoms with Crippen LogP contribution in [0.1, 0.15) is 11.4 Å². The molecule has 6 nitrogen and oxygen atoms in total. The Labute approximate surface area is 135 Å². The summed E-state index contributed by atoms with van der Waals surface area (Å²) in [6, 6.07) is 6.43. The zero-order valence-corrected chi connectivity index (χ0v) is 13.1. The average molecular weight is 316 g/mol. The highest BCUT2D eigenvalue weighted by Gasteiger charge is 2.18. The number of piperazine rings is 1. The lowest BCUT2D eigenvalue weighted by Crippen LogP contribution is -2.46. The summed E-state index contributed by atoms with van der Waals surface area (Å²) in [5.74, 6) is 0.606. The van der Waals surface area contributed by atoms with E-state index in [1.165, 1.54) is 12.1 Å². The van der Waals surface area contributed by atoms with Crippen LogP contribution in [0.5, 0.6) is 0 Å². The van der Waals surface area contributed by atoms with Gasteiger partial charge in [0, 0.05) is 32.7 Å². The van der Waals surface area contributed by atoms with Gasteiger partial charge >= 0.3 is 0 Å². The van der Waals surface area contributed by atoms with Crippen LogP contribution in [-0.2, 0) is 13.1 Å².